The quantitative estimate of drug-likeness (QED) is 0.677. The largest absolute Gasteiger partial charge is 0.352 e. The average molecular weight is 345 g/mol. The number of carbonyl (C=O) groups excluding carboxylic acids is 2. The van der Waals surface area contributed by atoms with Crippen LogP contribution in [-0.4, -0.2) is 23.9 Å². The Morgan fingerprint density at radius 2 is 1.68 bits per heavy atom. The highest BCUT2D eigenvalue weighted by molar-refractivity contribution is 5.94. The third kappa shape index (κ3) is 5.56. The van der Waals surface area contributed by atoms with Crippen molar-refractivity contribution in [2.45, 2.75) is 64.5 Å². The average Bonchev–Trinajstić information content (AvgIpc) is 3.19. The first-order valence-corrected chi connectivity index (χ1v) is 9.41. The number of carbonyl (C=O) groups is 2. The molecular weight excluding hydrogens is 314 g/mol. The Bertz CT molecular complexity index is 573. The van der Waals surface area contributed by atoms with Gasteiger partial charge in [0, 0.05) is 30.1 Å². The molecule has 5 nitrogen and oxygen atoms in total. The minimum atomic E-state index is -0.347. The number of nitrogens with one attached hydrogen (secondary N) is 2. The predicted molar refractivity (Wildman–Crippen MR) is 100 cm³/mol. The number of hydrogen-bond acceptors (Lipinski definition) is 3. The molecule has 0 spiro atoms. The van der Waals surface area contributed by atoms with Gasteiger partial charge < -0.3 is 16.4 Å². The van der Waals surface area contributed by atoms with Crippen molar-refractivity contribution in [2.75, 3.05) is 6.54 Å². The molecule has 1 aliphatic rings. The van der Waals surface area contributed by atoms with Gasteiger partial charge in [0.2, 0.25) is 5.91 Å². The van der Waals surface area contributed by atoms with Crippen molar-refractivity contribution in [1.82, 2.24) is 10.6 Å². The fraction of sp³-hybridized carbons (Fsp3) is 0.600. The first-order valence-electron chi connectivity index (χ1n) is 9.41. The summed E-state index contributed by atoms with van der Waals surface area (Å²) in [4.78, 5) is 24.3. The highest BCUT2D eigenvalue weighted by Gasteiger charge is 2.22. The summed E-state index contributed by atoms with van der Waals surface area (Å²) < 4.78 is 0. The minimum Gasteiger partial charge on any atom is -0.352 e. The van der Waals surface area contributed by atoms with Gasteiger partial charge in [-0.2, -0.15) is 0 Å². The zero-order chi connectivity index (χ0) is 18.3. The van der Waals surface area contributed by atoms with Crippen LogP contribution in [0.15, 0.2) is 24.3 Å². The highest BCUT2D eigenvalue weighted by atomic mass is 16.2. The van der Waals surface area contributed by atoms with Crippen LogP contribution in [0.5, 0.6) is 0 Å². The maximum atomic E-state index is 12.2. The van der Waals surface area contributed by atoms with Crippen LogP contribution in [-0.2, 0) is 11.3 Å². The van der Waals surface area contributed by atoms with E-state index in [2.05, 4.69) is 10.6 Å². The summed E-state index contributed by atoms with van der Waals surface area (Å²) in [6.07, 6.45) is 5.96. The first kappa shape index (κ1) is 19.4. The summed E-state index contributed by atoms with van der Waals surface area (Å²) in [5, 5.41) is 5.91. The first-order chi connectivity index (χ1) is 12.0. The van der Waals surface area contributed by atoms with Gasteiger partial charge in [0.15, 0.2) is 0 Å². The van der Waals surface area contributed by atoms with E-state index in [0.717, 1.165) is 44.1 Å². The Morgan fingerprint density at radius 3 is 2.24 bits per heavy atom. The molecule has 0 unspecified atom stereocenters. The predicted octanol–water partition coefficient (Wildman–Crippen LogP) is 2.74. The SMILES string of the molecule is CCC(N)(CC)CNC(=O)c1ccc(CNC(=O)C2CCCC2)cc1. The van der Waals surface area contributed by atoms with E-state index in [9.17, 15) is 9.59 Å². The van der Waals surface area contributed by atoms with E-state index < -0.39 is 0 Å². The van der Waals surface area contributed by atoms with Crippen LogP contribution in [0, 0.1) is 5.92 Å². The molecule has 1 fully saturated rings. The summed E-state index contributed by atoms with van der Waals surface area (Å²) >= 11 is 0. The zero-order valence-electron chi connectivity index (χ0n) is 15.4. The van der Waals surface area contributed by atoms with Crippen LogP contribution < -0.4 is 16.4 Å². The van der Waals surface area contributed by atoms with E-state index in [1.54, 1.807) is 12.1 Å². The zero-order valence-corrected chi connectivity index (χ0v) is 15.4. The van der Waals surface area contributed by atoms with Crippen molar-refractivity contribution < 1.29 is 9.59 Å². The maximum Gasteiger partial charge on any atom is 0.251 e. The molecule has 2 amide bonds. The topological polar surface area (TPSA) is 84.2 Å². The molecule has 0 radical (unpaired) electrons. The van der Waals surface area contributed by atoms with Crippen LogP contribution in [0.4, 0.5) is 0 Å². The number of nitrogens with two attached hydrogens (primary N) is 1. The summed E-state index contributed by atoms with van der Waals surface area (Å²) in [7, 11) is 0. The van der Waals surface area contributed by atoms with E-state index >= 15 is 0 Å². The molecule has 1 saturated carbocycles. The monoisotopic (exact) mass is 345 g/mol. The van der Waals surface area contributed by atoms with E-state index in [1.165, 1.54) is 0 Å². The van der Waals surface area contributed by atoms with E-state index in [-0.39, 0.29) is 23.3 Å². The molecule has 0 aliphatic heterocycles. The van der Waals surface area contributed by atoms with Crippen LogP contribution in [0.3, 0.4) is 0 Å². The second-order valence-corrected chi connectivity index (χ2v) is 7.15. The second-order valence-electron chi connectivity index (χ2n) is 7.15. The standard InChI is InChI=1S/C20H31N3O2/c1-3-20(21,4-2)14-23-19(25)17-11-9-15(10-12-17)13-22-18(24)16-7-5-6-8-16/h9-12,16H,3-8,13-14,21H2,1-2H3,(H,22,24)(H,23,25). The smallest absolute Gasteiger partial charge is 0.251 e. The summed E-state index contributed by atoms with van der Waals surface area (Å²) in [6, 6.07) is 7.36. The lowest BCUT2D eigenvalue weighted by Gasteiger charge is -2.26. The number of amides is 2. The van der Waals surface area contributed by atoms with Gasteiger partial charge in [0.1, 0.15) is 0 Å². The molecule has 1 aromatic rings. The van der Waals surface area contributed by atoms with Gasteiger partial charge in [0.05, 0.1) is 0 Å². The summed E-state index contributed by atoms with van der Waals surface area (Å²) in [5.41, 5.74) is 7.47. The number of rotatable bonds is 8. The lowest BCUT2D eigenvalue weighted by atomic mass is 9.94. The maximum absolute atomic E-state index is 12.2. The number of benzene rings is 1. The van der Waals surface area contributed by atoms with Crippen molar-refractivity contribution >= 4 is 11.8 Å². The Kier molecular flexibility index (Phi) is 7.00. The van der Waals surface area contributed by atoms with Gasteiger partial charge >= 0.3 is 0 Å². The molecule has 4 N–H and O–H groups in total. The normalized spacial score (nSPS) is 15.2. The van der Waals surface area contributed by atoms with Crippen LogP contribution in [0.2, 0.25) is 0 Å². The fourth-order valence-electron chi connectivity index (χ4n) is 3.15. The van der Waals surface area contributed by atoms with Gasteiger partial charge in [-0.3, -0.25) is 9.59 Å². The Hall–Kier alpha value is -1.88. The second kappa shape index (κ2) is 8.99. The lowest BCUT2D eigenvalue weighted by molar-refractivity contribution is -0.124. The molecule has 1 aliphatic carbocycles. The van der Waals surface area contributed by atoms with Crippen molar-refractivity contribution in [3.05, 3.63) is 35.4 Å². The molecule has 0 atom stereocenters. The van der Waals surface area contributed by atoms with E-state index in [4.69, 9.17) is 5.73 Å². The molecule has 138 valence electrons. The fourth-order valence-corrected chi connectivity index (χ4v) is 3.15. The van der Waals surface area contributed by atoms with Gasteiger partial charge in [-0.25, -0.2) is 0 Å². The minimum absolute atomic E-state index is 0.113. The molecular formula is C20H31N3O2. The van der Waals surface area contributed by atoms with Gasteiger partial charge in [-0.1, -0.05) is 38.8 Å². The third-order valence-electron chi connectivity index (χ3n) is 5.42. The summed E-state index contributed by atoms with van der Waals surface area (Å²) in [5.74, 6) is 0.217. The highest BCUT2D eigenvalue weighted by Crippen LogP contribution is 2.24. The van der Waals surface area contributed by atoms with Gasteiger partial charge in [0.25, 0.3) is 5.91 Å². The van der Waals surface area contributed by atoms with E-state index in [0.29, 0.717) is 18.7 Å². The van der Waals surface area contributed by atoms with Crippen molar-refractivity contribution in [1.29, 1.82) is 0 Å². The van der Waals surface area contributed by atoms with Crippen molar-refractivity contribution in [2.24, 2.45) is 11.7 Å². The molecule has 2 rings (SSSR count). The molecule has 5 heteroatoms. The van der Waals surface area contributed by atoms with Gasteiger partial charge in [-0.05, 0) is 43.4 Å². The van der Waals surface area contributed by atoms with Crippen molar-refractivity contribution in [3.8, 4) is 0 Å². The van der Waals surface area contributed by atoms with Crippen LogP contribution in [0.1, 0.15) is 68.3 Å². The summed E-state index contributed by atoms with van der Waals surface area (Å²) in [6.45, 7) is 5.04. The third-order valence-corrected chi connectivity index (χ3v) is 5.42. The van der Waals surface area contributed by atoms with Crippen LogP contribution in [0.25, 0.3) is 0 Å². The molecule has 0 heterocycles. The number of hydrogen-bond donors (Lipinski definition) is 3. The molecule has 0 aromatic heterocycles. The Morgan fingerprint density at radius 1 is 1.08 bits per heavy atom. The molecule has 0 saturated heterocycles. The molecule has 1 aromatic carbocycles. The van der Waals surface area contributed by atoms with Crippen molar-refractivity contribution in [3.63, 3.8) is 0 Å². The molecule has 0 bridgehead atoms. The Balaban J connectivity index is 1.82. The van der Waals surface area contributed by atoms with Gasteiger partial charge in [-0.15, -0.1) is 0 Å². The van der Waals surface area contributed by atoms with E-state index in [1.807, 2.05) is 26.0 Å². The Labute approximate surface area is 150 Å². The van der Waals surface area contributed by atoms with Crippen LogP contribution >= 0.6 is 0 Å². The molecule has 25 heavy (non-hydrogen) atoms. The lowest BCUT2D eigenvalue weighted by Crippen LogP contribution is -2.49.